The lowest BCUT2D eigenvalue weighted by atomic mass is 10.2. The minimum absolute atomic E-state index is 0.136. The van der Waals surface area contributed by atoms with Gasteiger partial charge in [0.1, 0.15) is 5.82 Å². The molecule has 2 rings (SSSR count). The Balaban J connectivity index is 0.000000815. The first kappa shape index (κ1) is 27.5. The molecule has 1 amide bonds. The highest BCUT2D eigenvalue weighted by atomic mass is 32.2. The molecule has 1 aliphatic carbocycles. The third-order valence-corrected chi connectivity index (χ3v) is 4.94. The molecule has 168 valence electrons. The second-order valence-electron chi connectivity index (χ2n) is 7.23. The molecular weight excluding hydrogens is 393 g/mol. The molecule has 0 unspecified atom stereocenters. The van der Waals surface area contributed by atoms with Crippen LogP contribution in [0.2, 0.25) is 0 Å². The molecule has 0 radical (unpaired) electrons. The van der Waals surface area contributed by atoms with Gasteiger partial charge < -0.3 is 21.3 Å². The lowest BCUT2D eigenvalue weighted by molar-refractivity contribution is 0.194. The number of nitrogens with two attached hydrogens (primary N) is 1. The van der Waals surface area contributed by atoms with Crippen LogP contribution in [0.5, 0.6) is 0 Å². The van der Waals surface area contributed by atoms with Gasteiger partial charge in [-0.15, -0.1) is 0 Å². The van der Waals surface area contributed by atoms with Crippen molar-refractivity contribution < 1.29 is 19.4 Å². The first-order valence-electron chi connectivity index (χ1n) is 10.4. The lowest BCUT2D eigenvalue weighted by Gasteiger charge is -2.23. The summed E-state index contributed by atoms with van der Waals surface area (Å²) in [6.45, 7) is 8.16. The molecule has 1 saturated carbocycles. The average Bonchev–Trinajstić information content (AvgIpc) is 3.22. The molecule has 1 aliphatic rings. The van der Waals surface area contributed by atoms with Gasteiger partial charge in [-0.2, -0.15) is 0 Å². The van der Waals surface area contributed by atoms with Crippen molar-refractivity contribution in [1.29, 1.82) is 0 Å². The maximum absolute atomic E-state index is 13.2. The SMILES string of the molecule is C1CCCC1.CC(C)CN(CCCNC(=O)O)Sc1ccc(F)c(N)c1.CCO. The number of nitrogen functional groups attached to an aromatic ring is 1. The van der Waals surface area contributed by atoms with Crippen molar-refractivity contribution in [1.82, 2.24) is 9.62 Å². The molecule has 1 aromatic rings. The van der Waals surface area contributed by atoms with E-state index in [1.807, 2.05) is 0 Å². The van der Waals surface area contributed by atoms with E-state index >= 15 is 0 Å². The van der Waals surface area contributed by atoms with Crippen LogP contribution in [-0.4, -0.2) is 46.9 Å². The van der Waals surface area contributed by atoms with Crippen LogP contribution in [0.1, 0.15) is 59.3 Å². The number of halogens is 1. The van der Waals surface area contributed by atoms with Gasteiger partial charge >= 0.3 is 6.09 Å². The zero-order valence-corrected chi connectivity index (χ0v) is 18.8. The van der Waals surface area contributed by atoms with Crippen LogP contribution in [-0.2, 0) is 0 Å². The second kappa shape index (κ2) is 17.4. The van der Waals surface area contributed by atoms with Crippen LogP contribution in [0.3, 0.4) is 0 Å². The van der Waals surface area contributed by atoms with E-state index in [-0.39, 0.29) is 12.3 Å². The number of amides is 1. The Hall–Kier alpha value is -1.51. The van der Waals surface area contributed by atoms with Crippen LogP contribution >= 0.6 is 11.9 Å². The maximum Gasteiger partial charge on any atom is 0.404 e. The Morgan fingerprint density at radius 1 is 1.28 bits per heavy atom. The number of rotatable bonds is 8. The van der Waals surface area contributed by atoms with E-state index in [9.17, 15) is 9.18 Å². The Bertz CT molecular complexity index is 550. The zero-order valence-electron chi connectivity index (χ0n) is 18.0. The molecule has 0 atom stereocenters. The largest absolute Gasteiger partial charge is 0.465 e. The molecule has 0 heterocycles. The molecule has 0 saturated heterocycles. The van der Waals surface area contributed by atoms with Crippen LogP contribution in [0.15, 0.2) is 23.1 Å². The molecule has 8 heteroatoms. The molecule has 1 aromatic carbocycles. The molecule has 0 spiro atoms. The van der Waals surface area contributed by atoms with Gasteiger partial charge in [0.15, 0.2) is 0 Å². The molecule has 0 aromatic heterocycles. The fourth-order valence-corrected chi connectivity index (χ4v) is 3.84. The van der Waals surface area contributed by atoms with E-state index in [1.54, 1.807) is 19.1 Å². The summed E-state index contributed by atoms with van der Waals surface area (Å²) in [5, 5.41) is 18.5. The van der Waals surface area contributed by atoms with E-state index in [0.717, 1.165) is 18.0 Å². The highest BCUT2D eigenvalue weighted by Gasteiger charge is 2.11. The van der Waals surface area contributed by atoms with Crippen LogP contribution < -0.4 is 11.1 Å². The molecule has 1 fully saturated rings. The predicted molar refractivity (Wildman–Crippen MR) is 120 cm³/mol. The van der Waals surface area contributed by atoms with E-state index < -0.39 is 11.9 Å². The number of nitrogens with one attached hydrogen (secondary N) is 1. The summed E-state index contributed by atoms with van der Waals surface area (Å²) < 4.78 is 15.3. The Labute approximate surface area is 179 Å². The van der Waals surface area contributed by atoms with E-state index in [2.05, 4.69) is 23.5 Å². The fourth-order valence-electron chi connectivity index (χ4n) is 2.64. The summed E-state index contributed by atoms with van der Waals surface area (Å²) in [6.07, 6.45) is 7.20. The van der Waals surface area contributed by atoms with Gasteiger partial charge in [-0.1, -0.05) is 46.0 Å². The first-order chi connectivity index (χ1) is 13.8. The van der Waals surface area contributed by atoms with Crippen molar-refractivity contribution in [2.75, 3.05) is 32.0 Å². The third-order valence-electron chi connectivity index (χ3n) is 3.88. The lowest BCUT2D eigenvalue weighted by Crippen LogP contribution is -2.27. The molecule has 5 N–H and O–H groups in total. The summed E-state index contributed by atoms with van der Waals surface area (Å²) >= 11 is 1.51. The summed E-state index contributed by atoms with van der Waals surface area (Å²) in [5.41, 5.74) is 5.71. The molecule has 0 bridgehead atoms. The Morgan fingerprint density at radius 3 is 2.28 bits per heavy atom. The second-order valence-corrected chi connectivity index (χ2v) is 8.40. The highest BCUT2D eigenvalue weighted by Crippen LogP contribution is 2.26. The number of hydrogen-bond acceptors (Lipinski definition) is 5. The Kier molecular flexibility index (Phi) is 16.5. The Morgan fingerprint density at radius 2 is 1.83 bits per heavy atom. The number of carbonyl (C=O) groups is 1. The molecular formula is C21H38FN3O3S. The average molecular weight is 432 g/mol. The number of aliphatic hydroxyl groups is 1. The van der Waals surface area contributed by atoms with Gasteiger partial charge in [-0.3, -0.25) is 0 Å². The minimum Gasteiger partial charge on any atom is -0.465 e. The summed E-state index contributed by atoms with van der Waals surface area (Å²) in [6, 6.07) is 4.67. The number of benzene rings is 1. The van der Waals surface area contributed by atoms with Crippen molar-refractivity contribution in [2.45, 2.75) is 64.2 Å². The van der Waals surface area contributed by atoms with Gasteiger partial charge in [0, 0.05) is 31.1 Å². The summed E-state index contributed by atoms with van der Waals surface area (Å²) in [7, 11) is 0. The first-order valence-corrected chi connectivity index (χ1v) is 11.1. The smallest absolute Gasteiger partial charge is 0.404 e. The molecule has 6 nitrogen and oxygen atoms in total. The van der Waals surface area contributed by atoms with Crippen molar-refractivity contribution in [3.8, 4) is 0 Å². The minimum atomic E-state index is -1.01. The van der Waals surface area contributed by atoms with Crippen LogP contribution in [0.25, 0.3) is 0 Å². The van der Waals surface area contributed by atoms with Gasteiger partial charge in [-0.05, 0) is 49.4 Å². The highest BCUT2D eigenvalue weighted by molar-refractivity contribution is 7.97. The third kappa shape index (κ3) is 16.0. The maximum atomic E-state index is 13.2. The van der Waals surface area contributed by atoms with Crippen LogP contribution in [0.4, 0.5) is 14.9 Å². The number of aliphatic hydroxyl groups excluding tert-OH is 1. The van der Waals surface area contributed by atoms with Crippen LogP contribution in [0, 0.1) is 11.7 Å². The van der Waals surface area contributed by atoms with Crippen molar-refractivity contribution in [2.24, 2.45) is 5.92 Å². The standard InChI is InChI=1S/C14H22FN3O2S.C5H10.C2H6O/c1-10(2)9-18(7-3-6-17-14(19)20)21-11-4-5-12(15)13(16)8-11;1-2-4-5-3-1;1-2-3/h4-5,8,10,17H,3,6-7,9,16H2,1-2H3,(H,19,20);1-5H2;3H,2H2,1H3. The predicted octanol–water partition coefficient (Wildman–Crippen LogP) is 4.98. The van der Waals surface area contributed by atoms with E-state index in [4.69, 9.17) is 15.9 Å². The van der Waals surface area contributed by atoms with Gasteiger partial charge in [0.2, 0.25) is 0 Å². The zero-order chi connectivity index (χ0) is 22.1. The molecule has 29 heavy (non-hydrogen) atoms. The quantitative estimate of drug-likeness (QED) is 0.263. The molecule has 0 aliphatic heterocycles. The van der Waals surface area contributed by atoms with Gasteiger partial charge in [0.25, 0.3) is 0 Å². The van der Waals surface area contributed by atoms with Crippen molar-refractivity contribution in [3.05, 3.63) is 24.0 Å². The van der Waals surface area contributed by atoms with Crippen molar-refractivity contribution >= 4 is 23.7 Å². The normalized spacial score (nSPS) is 12.8. The number of anilines is 1. The summed E-state index contributed by atoms with van der Waals surface area (Å²) in [5.74, 6) is 0.0585. The van der Waals surface area contributed by atoms with E-state index in [1.165, 1.54) is 50.1 Å². The summed E-state index contributed by atoms with van der Waals surface area (Å²) in [4.78, 5) is 11.3. The fraction of sp³-hybridized carbons (Fsp3) is 0.667. The number of nitrogens with zero attached hydrogens (tertiary/aromatic N) is 1. The number of carboxylic acid groups (broad SMARTS) is 1. The monoisotopic (exact) mass is 431 g/mol. The number of hydrogen-bond donors (Lipinski definition) is 4. The van der Waals surface area contributed by atoms with E-state index in [0.29, 0.717) is 18.9 Å². The van der Waals surface area contributed by atoms with Gasteiger partial charge in [0.05, 0.1) is 5.69 Å². The topological polar surface area (TPSA) is 98.8 Å². The van der Waals surface area contributed by atoms with Gasteiger partial charge in [-0.25, -0.2) is 13.5 Å². The van der Waals surface area contributed by atoms with Crippen molar-refractivity contribution in [3.63, 3.8) is 0 Å².